The minimum Gasteiger partial charge on any atom is -0.444 e. The van der Waals surface area contributed by atoms with Gasteiger partial charge in [-0.1, -0.05) is 39.1 Å². The molecule has 6 aliphatic heterocycles. The van der Waals surface area contributed by atoms with E-state index in [0.29, 0.717) is 109 Å². The molecule has 0 unspecified atom stereocenters. The maximum Gasteiger partial charge on any atom is 0.407 e. The fourth-order valence-electron chi connectivity index (χ4n) is 14.5. The second kappa shape index (κ2) is 59.6. The van der Waals surface area contributed by atoms with Crippen LogP contribution >= 0.6 is 49.8 Å². The number of hydrogen-bond donors (Lipinski definition) is 11. The molecule has 0 atom stereocenters. The number of ether oxygens (including phenoxy) is 4. The minimum absolute atomic E-state index is 0.106. The van der Waals surface area contributed by atoms with E-state index in [2.05, 4.69) is 91.3 Å². The number of sulfonamides is 3. The molecule has 130 heavy (non-hydrogen) atoms. The number of alkyl halides is 1. The monoisotopic (exact) mass is 2040 g/mol. The molecule has 43 heteroatoms. The average Bonchev–Trinajstić information content (AvgIpc) is 1.53. The normalized spacial score (nSPS) is 19.6. The molecule has 6 saturated heterocycles. The zero-order chi connectivity index (χ0) is 96.9. The zero-order valence-corrected chi connectivity index (χ0v) is 86.4. The van der Waals surface area contributed by atoms with Crippen molar-refractivity contribution in [1.29, 1.82) is 5.26 Å². The van der Waals surface area contributed by atoms with Crippen molar-refractivity contribution in [2.75, 3.05) is 182 Å². The van der Waals surface area contributed by atoms with Crippen molar-refractivity contribution in [2.45, 2.75) is 255 Å². The number of nitrogens with one attached hydrogen (secondary N) is 9. The second-order valence-electron chi connectivity index (χ2n) is 39.0. The zero-order valence-electron chi connectivity index (χ0n) is 79.3. The highest BCUT2D eigenvalue weighted by Crippen LogP contribution is 2.32. The summed E-state index contributed by atoms with van der Waals surface area (Å²) in [5.74, 6) is 3.02. The van der Waals surface area contributed by atoms with Crippen LogP contribution in [0.1, 0.15) is 222 Å². The van der Waals surface area contributed by atoms with Gasteiger partial charge in [-0.15, -0.1) is 0 Å². The highest BCUT2D eigenvalue weighted by atomic mass is 79.9. The quantitative estimate of drug-likeness (QED) is 0.0142. The van der Waals surface area contributed by atoms with Crippen LogP contribution in [0.15, 0.2) is 18.2 Å². The molecule has 35 nitrogen and oxygen atoms in total. The van der Waals surface area contributed by atoms with Crippen molar-refractivity contribution in [3.63, 3.8) is 0 Å². The van der Waals surface area contributed by atoms with Crippen molar-refractivity contribution < 1.29 is 76.6 Å². The van der Waals surface area contributed by atoms with Gasteiger partial charge in [-0.05, 0) is 337 Å². The summed E-state index contributed by atoms with van der Waals surface area (Å²) in [4.78, 5) is 73.0. The maximum absolute atomic E-state index is 12.2. The Balaban J connectivity index is 0.000000322. The standard InChI is InChI=1S/C18H25Cl2N3O3S.C16H31N3O4S.C13H23N3O2.C13H27N3O2.C11H23N3O2S.C11H22N2O2.C3H5ClO2S.C2H2BrN/c19-15-9-14(10-16(20)11-15)18(24)21-12-13-3-6-23(7-4-13)8-5-22-27(25,26)17-1-2-17;1-16(2,3)23-15(20)17-12-13-6-9-19(10-7-13)11-8-18-24(21,22)14-4-5-14;1-13(2,3)18-12(17)15-9-11-5-7-16(8-6-11)10-14-4;1-13(2,3)18-12(17)15-10-11-4-7-16(8-5-11)9-6-14;12-9-10-3-6-14(7-4-10)8-5-13-17(15,16)11-1-2-11;1-11(2,3)15-10(14)13-8-9-4-6-12-7-5-9;4-7(5,6)3-1-2-3;3-1-2-4/h9-11,13,17,22H,1-8,12H2,(H,21,24);13-14,18H,4-12H2,1-3H3,(H,17,20);11H,5-10H2,1-3H3,(H,15,17);11H,4-10,14H2,1-3H3,(H,15,17);10-11,13H,1-9,12H2;9,12H,4-8H2,1-3H3,(H,13,14);3H,1-2H2;1H2. The molecule has 1 aromatic carbocycles. The van der Waals surface area contributed by atoms with Crippen molar-refractivity contribution in [1.82, 2.24) is 70.6 Å². The molecule has 10 aliphatic rings. The first-order valence-corrected chi connectivity index (χ1v) is 55.3. The van der Waals surface area contributed by atoms with E-state index in [4.69, 9.17) is 76.1 Å². The molecule has 11 rings (SSSR count). The number of carbonyl (C=O) groups excluding carboxylic acids is 5. The maximum atomic E-state index is 12.2. The predicted octanol–water partition coefficient (Wildman–Crippen LogP) is 9.98. The molecule has 0 spiro atoms. The first-order chi connectivity index (χ1) is 60.9. The molecule has 13 N–H and O–H groups in total. The third-order valence-corrected chi connectivity index (χ3v) is 31.1. The Morgan fingerprint density at radius 2 is 0.700 bits per heavy atom. The van der Waals surface area contributed by atoms with E-state index in [1.165, 1.54) is 0 Å². The highest BCUT2D eigenvalue weighted by molar-refractivity contribution is 9.09. The van der Waals surface area contributed by atoms with Gasteiger partial charge in [-0.25, -0.2) is 78.5 Å². The largest absolute Gasteiger partial charge is 0.444 e. The van der Waals surface area contributed by atoms with Crippen molar-refractivity contribution in [2.24, 2.45) is 47.0 Å². The Bertz CT molecular complexity index is 4020. The number of hydrogen-bond acceptors (Lipinski definition) is 26. The van der Waals surface area contributed by atoms with Gasteiger partial charge in [0.15, 0.2) is 0 Å². The van der Waals surface area contributed by atoms with Gasteiger partial charge in [0.25, 0.3) is 12.6 Å². The van der Waals surface area contributed by atoms with Crippen LogP contribution in [0.5, 0.6) is 0 Å². The summed E-state index contributed by atoms with van der Waals surface area (Å²) in [6, 6.07) is 6.66. The molecule has 0 radical (unpaired) electrons. The van der Waals surface area contributed by atoms with E-state index in [1.807, 2.05) is 89.2 Å². The number of nitrogens with zero attached hydrogens (tertiary/aromatic N) is 7. The summed E-state index contributed by atoms with van der Waals surface area (Å²) in [6.07, 6.45) is 17.9. The predicted molar refractivity (Wildman–Crippen MR) is 519 cm³/mol. The molecule has 4 aliphatic carbocycles. The summed E-state index contributed by atoms with van der Waals surface area (Å²) >= 11 is 14.8. The van der Waals surface area contributed by atoms with E-state index in [0.717, 1.165) is 253 Å². The van der Waals surface area contributed by atoms with E-state index in [9.17, 15) is 57.6 Å². The Labute approximate surface area is 801 Å². The van der Waals surface area contributed by atoms with Gasteiger partial charge in [0.05, 0.1) is 32.4 Å². The number of nitriles is 1. The van der Waals surface area contributed by atoms with Gasteiger partial charge in [0.1, 0.15) is 22.4 Å². The summed E-state index contributed by atoms with van der Waals surface area (Å²) < 4.78 is 120. The molecule has 5 amide bonds. The number of halogens is 4. The third-order valence-electron chi connectivity index (χ3n) is 22.5. The minimum atomic E-state index is -3.16. The van der Waals surface area contributed by atoms with Gasteiger partial charge in [-0.2, -0.15) is 5.26 Å². The van der Waals surface area contributed by atoms with Crippen LogP contribution in [0.4, 0.5) is 19.2 Å². The molecule has 750 valence electrons. The molecular formula is C87H158BrCl3N18O17S4. The third kappa shape index (κ3) is 56.9. The highest BCUT2D eigenvalue weighted by Gasteiger charge is 2.39. The molecule has 0 bridgehead atoms. The lowest BCUT2D eigenvalue weighted by molar-refractivity contribution is 0.0499. The number of piperidine rings is 6. The SMILES string of the molecule is CC(C)(C)OC(=O)NCC1CCN(CCN)CC1.CC(C)(C)OC(=O)NCC1CCN(CCNS(=O)(=O)C2CC2)CC1.CC(C)(C)OC(=O)NCC1CCNCC1.N#CCBr.NCC1CCN(CCNS(=O)(=O)C2CC2)CC1.O=C(NCC1CCN(CCNS(=O)(=O)C2CC2)CC1)c1cc(Cl)cc(Cl)c1.O=S(=O)(Cl)C1CC1.[C-]#[N+]CN1CCC(CNC(=O)OC(C)(C)C)CC1. The molecular weight excluding hydrogens is 1880 g/mol. The lowest BCUT2D eigenvalue weighted by atomic mass is 9.96. The second-order valence-corrected chi connectivity index (χ2v) is 49.5. The first kappa shape index (κ1) is 118. The number of amides is 5. The number of benzene rings is 1. The van der Waals surface area contributed by atoms with Crippen LogP contribution in [0.2, 0.25) is 10.0 Å². The molecule has 4 saturated carbocycles. The Kier molecular flexibility index (Phi) is 54.0. The topological polar surface area (TPSA) is 463 Å². The summed E-state index contributed by atoms with van der Waals surface area (Å²) in [6.45, 7) is 51.3. The van der Waals surface area contributed by atoms with Gasteiger partial charge >= 0.3 is 24.4 Å². The fraction of sp³-hybridized carbons (Fsp3) is 0.851. The Hall–Kier alpha value is -4.54. The number of likely N-dealkylation sites (tertiary alicyclic amines) is 5. The van der Waals surface area contributed by atoms with Crippen LogP contribution in [-0.2, 0) is 58.1 Å². The number of rotatable bonds is 31. The number of alkyl carbamates (subject to hydrolysis) is 4. The Morgan fingerprint density at radius 1 is 0.438 bits per heavy atom. The number of carbonyl (C=O) groups is 5. The van der Waals surface area contributed by atoms with Crippen LogP contribution in [0.3, 0.4) is 0 Å². The van der Waals surface area contributed by atoms with E-state index in [-0.39, 0.29) is 51.3 Å². The van der Waals surface area contributed by atoms with E-state index in [1.54, 1.807) is 18.2 Å². The number of nitrogens with two attached hydrogens (primary N) is 2. The smallest absolute Gasteiger partial charge is 0.407 e. The fourth-order valence-corrected chi connectivity index (χ4v) is 20.3. The van der Waals surface area contributed by atoms with Gasteiger partial charge < -0.3 is 81.9 Å². The van der Waals surface area contributed by atoms with E-state index >= 15 is 0 Å². The Morgan fingerprint density at radius 3 is 0.938 bits per heavy atom. The van der Waals surface area contributed by atoms with Crippen LogP contribution in [0, 0.1) is 53.4 Å². The van der Waals surface area contributed by atoms with E-state index < -0.39 is 61.5 Å². The van der Waals surface area contributed by atoms with Gasteiger partial charge in [0.2, 0.25) is 39.1 Å². The van der Waals surface area contributed by atoms with Crippen LogP contribution in [0.25, 0.3) is 4.85 Å². The summed E-state index contributed by atoms with van der Waals surface area (Å²) in [5.41, 5.74) is 9.90. The van der Waals surface area contributed by atoms with Crippen molar-refractivity contribution >= 4 is 119 Å². The lowest BCUT2D eigenvalue weighted by Gasteiger charge is -2.32. The molecule has 1 aromatic rings. The molecule has 0 aromatic heterocycles. The van der Waals surface area contributed by atoms with Gasteiger partial charge in [-0.3, -0.25) is 9.64 Å². The van der Waals surface area contributed by atoms with Crippen LogP contribution in [-0.4, -0.2) is 314 Å². The van der Waals surface area contributed by atoms with Crippen molar-refractivity contribution in [3.8, 4) is 6.07 Å². The average molecular weight is 2040 g/mol. The van der Waals surface area contributed by atoms with Crippen molar-refractivity contribution in [3.05, 3.63) is 45.2 Å². The molecule has 6 heterocycles. The summed E-state index contributed by atoms with van der Waals surface area (Å²) in [7, 11) is -7.42. The first-order valence-electron chi connectivity index (χ1n) is 46.4. The summed E-state index contributed by atoms with van der Waals surface area (Å²) in [5, 5.41) is 25.8. The molecule has 10 fully saturated rings. The van der Waals surface area contributed by atoms with Crippen LogP contribution < -0.4 is 57.5 Å². The van der Waals surface area contributed by atoms with Gasteiger partial charge in [0, 0.05) is 124 Å². The lowest BCUT2D eigenvalue weighted by Crippen LogP contribution is -2.43.